The van der Waals surface area contributed by atoms with Crippen molar-refractivity contribution in [2.45, 2.75) is 52.4 Å². The Kier molecular flexibility index (Phi) is 3.21. The number of ketones is 1. The Morgan fingerprint density at radius 3 is 2.56 bits per heavy atom. The molecule has 3 aliphatic carbocycles. The third-order valence-corrected chi connectivity index (χ3v) is 5.20. The Morgan fingerprint density at radius 1 is 1.17 bits per heavy atom. The first-order chi connectivity index (χ1) is 8.77. The van der Waals surface area contributed by atoms with E-state index in [0.29, 0.717) is 30.1 Å². The third kappa shape index (κ3) is 1.64. The SMILES string of the molecule is CCCCC1=C(OCC)C2C3CCC(C3)C2C1=O. The second-order valence-corrected chi connectivity index (χ2v) is 6.13. The van der Waals surface area contributed by atoms with Gasteiger partial charge in [0.25, 0.3) is 0 Å². The van der Waals surface area contributed by atoms with Crippen molar-refractivity contribution < 1.29 is 9.53 Å². The Hall–Kier alpha value is -0.790. The number of fused-ring (bicyclic) bond motifs is 5. The van der Waals surface area contributed by atoms with Crippen LogP contribution >= 0.6 is 0 Å². The van der Waals surface area contributed by atoms with Crippen molar-refractivity contribution in [2.24, 2.45) is 23.7 Å². The van der Waals surface area contributed by atoms with E-state index in [1.54, 1.807) is 0 Å². The standard InChI is InChI=1S/C16H24O2/c1-3-5-6-12-15(17)13-10-7-8-11(9-10)14(13)16(12)18-4-2/h10-11,13-14H,3-9H2,1-2H3. The summed E-state index contributed by atoms with van der Waals surface area (Å²) < 4.78 is 5.91. The van der Waals surface area contributed by atoms with Crippen LogP contribution in [0.1, 0.15) is 52.4 Å². The number of carbonyl (C=O) groups excluding carboxylic acids is 1. The van der Waals surface area contributed by atoms with E-state index < -0.39 is 0 Å². The van der Waals surface area contributed by atoms with Gasteiger partial charge in [0, 0.05) is 17.4 Å². The van der Waals surface area contributed by atoms with Crippen LogP contribution in [0.4, 0.5) is 0 Å². The summed E-state index contributed by atoms with van der Waals surface area (Å²) in [6.07, 6.45) is 7.08. The van der Waals surface area contributed by atoms with Crippen molar-refractivity contribution in [3.63, 3.8) is 0 Å². The van der Waals surface area contributed by atoms with Gasteiger partial charge in [-0.3, -0.25) is 4.79 Å². The van der Waals surface area contributed by atoms with Crippen molar-refractivity contribution in [2.75, 3.05) is 6.61 Å². The topological polar surface area (TPSA) is 26.3 Å². The van der Waals surface area contributed by atoms with Crippen LogP contribution in [0.15, 0.2) is 11.3 Å². The smallest absolute Gasteiger partial charge is 0.166 e. The Labute approximate surface area is 110 Å². The van der Waals surface area contributed by atoms with Crippen LogP contribution in [-0.2, 0) is 9.53 Å². The second kappa shape index (κ2) is 4.71. The molecule has 2 fully saturated rings. The van der Waals surface area contributed by atoms with Gasteiger partial charge >= 0.3 is 0 Å². The summed E-state index contributed by atoms with van der Waals surface area (Å²) in [5.41, 5.74) is 1.06. The number of Topliss-reactive ketones (excluding diaryl/α,β-unsaturated/α-hetero) is 1. The van der Waals surface area contributed by atoms with Crippen LogP contribution in [0.5, 0.6) is 0 Å². The minimum Gasteiger partial charge on any atom is -0.497 e. The van der Waals surface area contributed by atoms with Crippen molar-refractivity contribution >= 4 is 5.78 Å². The number of hydrogen-bond donors (Lipinski definition) is 0. The molecule has 4 unspecified atom stereocenters. The summed E-state index contributed by atoms with van der Waals surface area (Å²) in [7, 11) is 0. The van der Waals surface area contributed by atoms with Gasteiger partial charge in [-0.2, -0.15) is 0 Å². The molecule has 0 heterocycles. The first-order valence-electron chi connectivity index (χ1n) is 7.68. The summed E-state index contributed by atoms with van der Waals surface area (Å²) in [5, 5.41) is 0. The van der Waals surface area contributed by atoms with Gasteiger partial charge in [-0.15, -0.1) is 0 Å². The minimum atomic E-state index is 0.303. The van der Waals surface area contributed by atoms with Crippen LogP contribution in [-0.4, -0.2) is 12.4 Å². The normalized spacial score (nSPS) is 37.6. The van der Waals surface area contributed by atoms with Crippen LogP contribution < -0.4 is 0 Å². The summed E-state index contributed by atoms with van der Waals surface area (Å²) >= 11 is 0. The molecule has 0 aliphatic heterocycles. The molecule has 0 spiro atoms. The molecule has 0 aromatic heterocycles. The van der Waals surface area contributed by atoms with E-state index in [2.05, 4.69) is 6.92 Å². The molecule has 0 aromatic carbocycles. The van der Waals surface area contributed by atoms with Crippen molar-refractivity contribution in [1.29, 1.82) is 0 Å². The average molecular weight is 248 g/mol. The largest absolute Gasteiger partial charge is 0.497 e. The van der Waals surface area contributed by atoms with Gasteiger partial charge < -0.3 is 4.74 Å². The molecule has 0 amide bonds. The molecule has 0 saturated heterocycles. The molecule has 18 heavy (non-hydrogen) atoms. The van der Waals surface area contributed by atoms with E-state index in [1.165, 1.54) is 19.3 Å². The third-order valence-electron chi connectivity index (χ3n) is 5.20. The van der Waals surface area contributed by atoms with Crippen LogP contribution in [0.25, 0.3) is 0 Å². The number of hydrogen-bond acceptors (Lipinski definition) is 2. The molecule has 2 nitrogen and oxygen atoms in total. The quantitative estimate of drug-likeness (QED) is 0.741. The van der Waals surface area contributed by atoms with Gasteiger partial charge in [0.05, 0.1) is 6.61 Å². The van der Waals surface area contributed by atoms with Crippen LogP contribution in [0.3, 0.4) is 0 Å². The minimum absolute atomic E-state index is 0.303. The fraction of sp³-hybridized carbons (Fsp3) is 0.812. The van der Waals surface area contributed by atoms with E-state index in [1.807, 2.05) is 6.92 Å². The lowest BCUT2D eigenvalue weighted by Gasteiger charge is -2.25. The maximum Gasteiger partial charge on any atom is 0.166 e. The van der Waals surface area contributed by atoms with Gasteiger partial charge in [0.15, 0.2) is 5.78 Å². The first-order valence-corrected chi connectivity index (χ1v) is 7.68. The molecule has 2 saturated carbocycles. The lowest BCUT2D eigenvalue weighted by Crippen LogP contribution is -2.25. The maximum absolute atomic E-state index is 12.6. The van der Waals surface area contributed by atoms with Gasteiger partial charge in [-0.05, 0) is 50.9 Å². The van der Waals surface area contributed by atoms with Gasteiger partial charge in [-0.1, -0.05) is 13.3 Å². The number of ether oxygens (including phenoxy) is 1. The molecule has 3 rings (SSSR count). The van der Waals surface area contributed by atoms with E-state index in [9.17, 15) is 4.79 Å². The zero-order valence-corrected chi connectivity index (χ0v) is 11.6. The summed E-state index contributed by atoms with van der Waals surface area (Å²) in [5.74, 6) is 3.73. The maximum atomic E-state index is 12.6. The van der Waals surface area contributed by atoms with E-state index >= 15 is 0 Å². The summed E-state index contributed by atoms with van der Waals surface area (Å²) in [4.78, 5) is 12.6. The molecule has 4 atom stereocenters. The lowest BCUT2D eigenvalue weighted by atomic mass is 9.80. The zero-order valence-electron chi connectivity index (χ0n) is 11.6. The van der Waals surface area contributed by atoms with Crippen LogP contribution in [0, 0.1) is 23.7 Å². The highest BCUT2D eigenvalue weighted by Gasteiger charge is 2.57. The molecule has 3 aliphatic rings. The van der Waals surface area contributed by atoms with E-state index in [-0.39, 0.29) is 0 Å². The Bertz CT molecular complexity index is 383. The van der Waals surface area contributed by atoms with E-state index in [4.69, 9.17) is 4.74 Å². The molecule has 2 bridgehead atoms. The number of unbranched alkanes of at least 4 members (excludes halogenated alkanes) is 1. The summed E-state index contributed by atoms with van der Waals surface area (Å²) in [6.45, 7) is 4.93. The number of carbonyl (C=O) groups is 1. The Morgan fingerprint density at radius 2 is 1.89 bits per heavy atom. The molecule has 2 heteroatoms. The highest BCUT2D eigenvalue weighted by atomic mass is 16.5. The number of allylic oxidation sites excluding steroid dienone is 2. The second-order valence-electron chi connectivity index (χ2n) is 6.13. The average Bonchev–Trinajstić information content (AvgIpc) is 3.02. The monoisotopic (exact) mass is 248 g/mol. The van der Waals surface area contributed by atoms with Gasteiger partial charge in [0.2, 0.25) is 0 Å². The van der Waals surface area contributed by atoms with Crippen molar-refractivity contribution in [1.82, 2.24) is 0 Å². The van der Waals surface area contributed by atoms with E-state index in [0.717, 1.165) is 36.5 Å². The molecule has 0 N–H and O–H groups in total. The highest BCUT2D eigenvalue weighted by Crippen LogP contribution is 2.59. The molecule has 100 valence electrons. The molecule has 0 radical (unpaired) electrons. The highest BCUT2D eigenvalue weighted by molar-refractivity contribution is 6.01. The molecular weight excluding hydrogens is 224 g/mol. The van der Waals surface area contributed by atoms with Crippen molar-refractivity contribution in [3.8, 4) is 0 Å². The van der Waals surface area contributed by atoms with Gasteiger partial charge in [-0.25, -0.2) is 0 Å². The zero-order chi connectivity index (χ0) is 12.7. The van der Waals surface area contributed by atoms with Crippen LogP contribution in [0.2, 0.25) is 0 Å². The Balaban J connectivity index is 1.89. The summed E-state index contributed by atoms with van der Waals surface area (Å²) in [6, 6.07) is 0. The molecular formula is C16H24O2. The fourth-order valence-electron chi connectivity index (χ4n) is 4.51. The fourth-order valence-corrected chi connectivity index (χ4v) is 4.51. The first kappa shape index (κ1) is 12.3. The predicted octanol–water partition coefficient (Wildman–Crippen LogP) is 3.71. The number of rotatable bonds is 5. The lowest BCUT2D eigenvalue weighted by molar-refractivity contribution is -0.120. The molecule has 0 aromatic rings. The predicted molar refractivity (Wildman–Crippen MR) is 71.0 cm³/mol. The van der Waals surface area contributed by atoms with Crippen molar-refractivity contribution in [3.05, 3.63) is 11.3 Å². The van der Waals surface area contributed by atoms with Gasteiger partial charge in [0.1, 0.15) is 5.76 Å².